The molecule has 0 saturated heterocycles. The standard InChI is InChI=1S/C54H103NO4/c1-3-5-7-9-11-13-15-17-19-21-23-24-25-26-27-28-29-30-31-33-35-37-39-41-43-45-47-51(57)49-54(59)55-52(50-56)53(58)48-46-44-42-40-38-36-34-32-22-20-18-16-14-12-10-8-6-4-2/h22,32,38,40,46,48,51-53,56-58H,3-21,23-31,33-37,39,41-45,47,49-50H2,1-2H3,(H,55,59)/b32-22+,40-38+,48-46+. The molecule has 348 valence electrons. The fourth-order valence-electron chi connectivity index (χ4n) is 8.14. The molecule has 59 heavy (non-hydrogen) atoms. The minimum absolute atomic E-state index is 0.00551. The summed E-state index contributed by atoms with van der Waals surface area (Å²) in [5.41, 5.74) is 0. The van der Waals surface area contributed by atoms with Crippen molar-refractivity contribution < 1.29 is 20.1 Å². The van der Waals surface area contributed by atoms with E-state index in [4.69, 9.17) is 0 Å². The maximum atomic E-state index is 12.5. The molecule has 5 heteroatoms. The molecule has 3 unspecified atom stereocenters. The molecule has 0 aromatic heterocycles. The average Bonchev–Trinajstić information content (AvgIpc) is 3.23. The third-order valence-corrected chi connectivity index (χ3v) is 12.2. The molecular weight excluding hydrogens is 727 g/mol. The third-order valence-electron chi connectivity index (χ3n) is 12.2. The molecule has 0 aliphatic heterocycles. The Morgan fingerprint density at radius 3 is 1.08 bits per heavy atom. The van der Waals surface area contributed by atoms with Crippen LogP contribution in [0.15, 0.2) is 36.5 Å². The number of carbonyl (C=O) groups is 1. The molecule has 0 aliphatic rings. The minimum Gasteiger partial charge on any atom is -0.394 e. The summed E-state index contributed by atoms with van der Waals surface area (Å²) in [5, 5.41) is 33.3. The van der Waals surface area contributed by atoms with Gasteiger partial charge in [0.15, 0.2) is 0 Å². The molecule has 3 atom stereocenters. The fraction of sp³-hybridized carbons (Fsp3) is 0.870. The number of aliphatic hydroxyl groups is 3. The summed E-state index contributed by atoms with van der Waals surface area (Å²) in [6, 6.07) is -0.766. The van der Waals surface area contributed by atoms with Gasteiger partial charge in [-0.05, 0) is 44.9 Å². The Balaban J connectivity index is 3.60. The highest BCUT2D eigenvalue weighted by Crippen LogP contribution is 2.17. The topological polar surface area (TPSA) is 89.8 Å². The van der Waals surface area contributed by atoms with Crippen LogP contribution in [0, 0.1) is 0 Å². The second-order valence-electron chi connectivity index (χ2n) is 18.1. The van der Waals surface area contributed by atoms with Gasteiger partial charge in [-0.25, -0.2) is 0 Å². The normalized spacial score (nSPS) is 13.6. The Hall–Kier alpha value is -1.43. The van der Waals surface area contributed by atoms with Gasteiger partial charge in [0.2, 0.25) is 5.91 Å². The Bertz CT molecular complexity index is 916. The number of amides is 1. The van der Waals surface area contributed by atoms with Crippen LogP contribution in [0.2, 0.25) is 0 Å². The molecular formula is C54H103NO4. The highest BCUT2D eigenvalue weighted by atomic mass is 16.3. The second-order valence-corrected chi connectivity index (χ2v) is 18.1. The lowest BCUT2D eigenvalue weighted by atomic mass is 10.0. The Kier molecular flexibility index (Phi) is 48.0. The van der Waals surface area contributed by atoms with Crippen LogP contribution in [0.4, 0.5) is 0 Å². The highest BCUT2D eigenvalue weighted by molar-refractivity contribution is 5.76. The lowest BCUT2D eigenvalue weighted by molar-refractivity contribution is -0.124. The van der Waals surface area contributed by atoms with Gasteiger partial charge in [-0.15, -0.1) is 0 Å². The molecule has 0 saturated carbocycles. The number of carbonyl (C=O) groups excluding carboxylic acids is 1. The zero-order valence-electron chi connectivity index (χ0n) is 39.6. The highest BCUT2D eigenvalue weighted by Gasteiger charge is 2.20. The molecule has 1 amide bonds. The first-order chi connectivity index (χ1) is 29.0. The smallest absolute Gasteiger partial charge is 0.222 e. The van der Waals surface area contributed by atoms with Crippen LogP contribution in [0.25, 0.3) is 0 Å². The molecule has 0 aromatic rings. The van der Waals surface area contributed by atoms with Crippen molar-refractivity contribution in [1.29, 1.82) is 0 Å². The number of hydrogen-bond donors (Lipinski definition) is 4. The van der Waals surface area contributed by atoms with Crippen LogP contribution >= 0.6 is 0 Å². The first kappa shape index (κ1) is 57.6. The van der Waals surface area contributed by atoms with Crippen LogP contribution in [-0.2, 0) is 4.79 Å². The van der Waals surface area contributed by atoms with E-state index < -0.39 is 18.2 Å². The molecule has 0 fully saturated rings. The van der Waals surface area contributed by atoms with Crippen LogP contribution in [0.1, 0.15) is 277 Å². The van der Waals surface area contributed by atoms with E-state index in [2.05, 4.69) is 43.5 Å². The zero-order valence-corrected chi connectivity index (χ0v) is 39.6. The SMILES string of the molecule is CCCCCCCCCC/C=C/CC/C=C/CC/C=C/C(O)C(CO)NC(=O)CC(O)CCCCCCCCCCCCCCCCCCCCCCCCCCCC. The first-order valence-electron chi connectivity index (χ1n) is 26.3. The van der Waals surface area contributed by atoms with E-state index in [1.165, 1.54) is 212 Å². The molecule has 0 aliphatic carbocycles. The van der Waals surface area contributed by atoms with Gasteiger partial charge < -0.3 is 20.6 Å². The number of nitrogens with one attached hydrogen (secondary N) is 1. The number of hydrogen-bond acceptors (Lipinski definition) is 4. The van der Waals surface area contributed by atoms with Gasteiger partial charge in [0.05, 0.1) is 31.3 Å². The molecule has 5 nitrogen and oxygen atoms in total. The largest absolute Gasteiger partial charge is 0.394 e. The van der Waals surface area contributed by atoms with Crippen LogP contribution in [-0.4, -0.2) is 46.1 Å². The molecule has 0 bridgehead atoms. The Morgan fingerprint density at radius 2 is 0.729 bits per heavy atom. The maximum Gasteiger partial charge on any atom is 0.222 e. The molecule has 0 aromatic carbocycles. The summed E-state index contributed by atoms with van der Waals surface area (Å²) >= 11 is 0. The zero-order chi connectivity index (χ0) is 43.0. The van der Waals surface area contributed by atoms with Crippen LogP contribution < -0.4 is 5.32 Å². The fourth-order valence-corrected chi connectivity index (χ4v) is 8.14. The quantitative estimate of drug-likeness (QED) is 0.0363. The van der Waals surface area contributed by atoms with Crippen molar-refractivity contribution in [2.24, 2.45) is 0 Å². The molecule has 4 N–H and O–H groups in total. The lowest BCUT2D eigenvalue weighted by Gasteiger charge is -2.21. The molecule has 0 spiro atoms. The summed E-state index contributed by atoms with van der Waals surface area (Å²) in [6.07, 6.45) is 63.2. The van der Waals surface area contributed by atoms with E-state index in [0.29, 0.717) is 6.42 Å². The third kappa shape index (κ3) is 45.9. The second kappa shape index (κ2) is 49.2. The number of rotatable bonds is 48. The number of unbranched alkanes of at least 4 members (excludes halogenated alkanes) is 35. The monoisotopic (exact) mass is 830 g/mol. The Morgan fingerprint density at radius 1 is 0.424 bits per heavy atom. The summed E-state index contributed by atoms with van der Waals surface area (Å²) in [4.78, 5) is 12.5. The van der Waals surface area contributed by atoms with Crippen molar-refractivity contribution in [3.8, 4) is 0 Å². The minimum atomic E-state index is -0.958. The predicted molar refractivity (Wildman–Crippen MR) is 259 cm³/mol. The predicted octanol–water partition coefficient (Wildman–Crippen LogP) is 15.9. The van der Waals surface area contributed by atoms with E-state index in [1.807, 2.05) is 6.08 Å². The number of aliphatic hydroxyl groups excluding tert-OH is 3. The van der Waals surface area contributed by atoms with Gasteiger partial charge in [-0.1, -0.05) is 262 Å². The summed E-state index contributed by atoms with van der Waals surface area (Å²) < 4.78 is 0. The van der Waals surface area contributed by atoms with Gasteiger partial charge in [0.1, 0.15) is 0 Å². The summed E-state index contributed by atoms with van der Waals surface area (Å²) in [6.45, 7) is 4.22. The Labute approximate surface area is 368 Å². The van der Waals surface area contributed by atoms with Gasteiger partial charge in [0.25, 0.3) is 0 Å². The van der Waals surface area contributed by atoms with E-state index in [0.717, 1.165) is 38.5 Å². The first-order valence-corrected chi connectivity index (χ1v) is 26.3. The van der Waals surface area contributed by atoms with Crippen molar-refractivity contribution >= 4 is 5.91 Å². The van der Waals surface area contributed by atoms with Gasteiger partial charge in [-0.2, -0.15) is 0 Å². The molecule has 0 rings (SSSR count). The van der Waals surface area contributed by atoms with E-state index in [9.17, 15) is 20.1 Å². The van der Waals surface area contributed by atoms with Gasteiger partial charge in [0, 0.05) is 0 Å². The van der Waals surface area contributed by atoms with Crippen LogP contribution in [0.5, 0.6) is 0 Å². The molecule has 0 radical (unpaired) electrons. The van der Waals surface area contributed by atoms with E-state index >= 15 is 0 Å². The van der Waals surface area contributed by atoms with Crippen molar-refractivity contribution in [3.63, 3.8) is 0 Å². The van der Waals surface area contributed by atoms with Crippen molar-refractivity contribution in [1.82, 2.24) is 5.32 Å². The molecule has 0 heterocycles. The van der Waals surface area contributed by atoms with E-state index in [1.54, 1.807) is 6.08 Å². The maximum absolute atomic E-state index is 12.5. The van der Waals surface area contributed by atoms with Gasteiger partial charge in [-0.3, -0.25) is 4.79 Å². The van der Waals surface area contributed by atoms with E-state index in [-0.39, 0.29) is 18.9 Å². The summed E-state index contributed by atoms with van der Waals surface area (Å²) in [7, 11) is 0. The van der Waals surface area contributed by atoms with Crippen LogP contribution in [0.3, 0.4) is 0 Å². The number of allylic oxidation sites excluding steroid dienone is 5. The average molecular weight is 830 g/mol. The van der Waals surface area contributed by atoms with Crippen molar-refractivity contribution in [2.45, 2.75) is 295 Å². The van der Waals surface area contributed by atoms with Gasteiger partial charge >= 0.3 is 0 Å². The lowest BCUT2D eigenvalue weighted by Crippen LogP contribution is -2.45. The van der Waals surface area contributed by atoms with Crippen molar-refractivity contribution in [3.05, 3.63) is 36.5 Å². The summed E-state index contributed by atoms with van der Waals surface area (Å²) in [5.74, 6) is -0.325. The van der Waals surface area contributed by atoms with Crippen molar-refractivity contribution in [2.75, 3.05) is 6.61 Å².